The molecule has 1 saturated carbocycles. The van der Waals surface area contributed by atoms with E-state index in [-0.39, 0.29) is 5.91 Å². The van der Waals surface area contributed by atoms with Gasteiger partial charge in [-0.2, -0.15) is 0 Å². The van der Waals surface area contributed by atoms with Gasteiger partial charge in [-0.1, -0.05) is 49.6 Å². The van der Waals surface area contributed by atoms with Gasteiger partial charge < -0.3 is 15.0 Å². The molecule has 172 valence electrons. The number of anilines is 1. The van der Waals surface area contributed by atoms with Gasteiger partial charge in [0.15, 0.2) is 0 Å². The average Bonchev–Trinajstić information content (AvgIpc) is 3.29. The van der Waals surface area contributed by atoms with E-state index in [9.17, 15) is 4.79 Å². The summed E-state index contributed by atoms with van der Waals surface area (Å²) in [4.78, 5) is 15.9. The van der Waals surface area contributed by atoms with Crippen molar-refractivity contribution in [1.29, 1.82) is 0 Å². The molecule has 32 heavy (non-hydrogen) atoms. The van der Waals surface area contributed by atoms with Gasteiger partial charge in [0.05, 0.1) is 12.0 Å². The molecule has 1 aliphatic heterocycles. The minimum atomic E-state index is -0.542. The summed E-state index contributed by atoms with van der Waals surface area (Å²) in [5, 5.41) is 3.81. The molecule has 1 atom stereocenters. The highest BCUT2D eigenvalue weighted by molar-refractivity contribution is 6.31. The summed E-state index contributed by atoms with van der Waals surface area (Å²) in [6.07, 6.45) is 7.45. The van der Waals surface area contributed by atoms with Crippen molar-refractivity contribution in [3.8, 4) is 5.75 Å². The Morgan fingerprint density at radius 2 is 1.88 bits per heavy atom. The van der Waals surface area contributed by atoms with Crippen LogP contribution >= 0.6 is 11.6 Å². The van der Waals surface area contributed by atoms with Crippen LogP contribution in [0.15, 0.2) is 48.5 Å². The van der Waals surface area contributed by atoms with E-state index in [1.807, 2.05) is 48.5 Å². The van der Waals surface area contributed by atoms with Crippen LogP contribution in [0.2, 0.25) is 5.02 Å². The smallest absolute Gasteiger partial charge is 0.235 e. The minimum absolute atomic E-state index is 0.0347. The number of benzene rings is 2. The molecule has 0 bridgehead atoms. The zero-order chi connectivity index (χ0) is 22.4. The minimum Gasteiger partial charge on any atom is -0.494 e. The van der Waals surface area contributed by atoms with Crippen molar-refractivity contribution in [2.75, 3.05) is 31.6 Å². The van der Waals surface area contributed by atoms with Crippen molar-refractivity contribution in [2.45, 2.75) is 57.3 Å². The van der Waals surface area contributed by atoms with Crippen LogP contribution in [0.5, 0.6) is 5.75 Å². The van der Waals surface area contributed by atoms with Gasteiger partial charge in [0.25, 0.3) is 0 Å². The second-order valence-electron chi connectivity index (χ2n) is 9.50. The molecule has 0 radical (unpaired) electrons. The van der Waals surface area contributed by atoms with E-state index in [2.05, 4.69) is 17.1 Å². The number of hydrogen-bond donors (Lipinski definition) is 1. The molecule has 1 saturated heterocycles. The number of carbonyl (C=O) groups is 1. The van der Waals surface area contributed by atoms with E-state index in [1.165, 1.54) is 25.9 Å². The van der Waals surface area contributed by atoms with Crippen molar-refractivity contribution in [3.63, 3.8) is 0 Å². The fourth-order valence-corrected chi connectivity index (χ4v) is 5.62. The highest BCUT2D eigenvalue weighted by Crippen LogP contribution is 2.44. The lowest BCUT2D eigenvalue weighted by atomic mass is 9.78. The van der Waals surface area contributed by atoms with Crippen molar-refractivity contribution < 1.29 is 9.53 Å². The van der Waals surface area contributed by atoms with Crippen molar-refractivity contribution in [3.05, 3.63) is 59.1 Å². The number of hydrogen-bond acceptors (Lipinski definition) is 3. The van der Waals surface area contributed by atoms with E-state index in [0.29, 0.717) is 11.6 Å². The molecular formula is C27H35ClN2O2. The Morgan fingerprint density at radius 1 is 1.12 bits per heavy atom. The summed E-state index contributed by atoms with van der Waals surface area (Å²) >= 11 is 6.48. The van der Waals surface area contributed by atoms with Gasteiger partial charge in [0.1, 0.15) is 5.75 Å². The Balaban J connectivity index is 1.30. The summed E-state index contributed by atoms with van der Waals surface area (Å²) < 4.78 is 5.93. The van der Waals surface area contributed by atoms with Crippen molar-refractivity contribution in [2.24, 2.45) is 5.92 Å². The molecular weight excluding hydrogens is 420 g/mol. The van der Waals surface area contributed by atoms with E-state index < -0.39 is 5.41 Å². The molecule has 0 unspecified atom stereocenters. The van der Waals surface area contributed by atoms with E-state index >= 15 is 0 Å². The van der Waals surface area contributed by atoms with Crippen molar-refractivity contribution in [1.82, 2.24) is 4.90 Å². The molecule has 0 spiro atoms. The third-order valence-electron chi connectivity index (χ3n) is 7.02. The number of piperidine rings is 1. The molecule has 1 heterocycles. The number of rotatable bonds is 8. The Labute approximate surface area is 197 Å². The van der Waals surface area contributed by atoms with Gasteiger partial charge >= 0.3 is 0 Å². The number of carbonyl (C=O) groups excluding carboxylic acids is 1. The summed E-state index contributed by atoms with van der Waals surface area (Å²) in [7, 11) is 0. The van der Waals surface area contributed by atoms with Crippen LogP contribution in [-0.2, 0) is 10.2 Å². The van der Waals surface area contributed by atoms with Crippen LogP contribution < -0.4 is 10.1 Å². The fraction of sp³-hybridized carbons (Fsp3) is 0.519. The van der Waals surface area contributed by atoms with Crippen LogP contribution in [0.4, 0.5) is 5.69 Å². The normalized spacial score (nSPS) is 20.8. The first-order valence-electron chi connectivity index (χ1n) is 12.1. The fourth-order valence-electron chi connectivity index (χ4n) is 5.30. The molecule has 2 aliphatic rings. The van der Waals surface area contributed by atoms with Crippen LogP contribution in [0.3, 0.4) is 0 Å². The van der Waals surface area contributed by atoms with Gasteiger partial charge in [-0.05, 0) is 80.5 Å². The summed E-state index contributed by atoms with van der Waals surface area (Å²) in [6, 6.07) is 15.5. The van der Waals surface area contributed by atoms with Gasteiger partial charge in [0, 0.05) is 23.8 Å². The molecule has 5 heteroatoms. The number of likely N-dealkylation sites (tertiary alicyclic amines) is 1. The lowest BCUT2D eigenvalue weighted by Crippen LogP contribution is -2.38. The maximum atomic E-state index is 13.4. The topological polar surface area (TPSA) is 41.6 Å². The highest BCUT2D eigenvalue weighted by Gasteiger charge is 2.43. The number of amides is 1. The first-order chi connectivity index (χ1) is 15.6. The second-order valence-corrected chi connectivity index (χ2v) is 9.90. The summed E-state index contributed by atoms with van der Waals surface area (Å²) in [5.74, 6) is 1.69. The lowest BCUT2D eigenvalue weighted by Gasteiger charge is -2.30. The average molecular weight is 455 g/mol. The van der Waals surface area contributed by atoms with Crippen LogP contribution in [0.1, 0.15) is 57.4 Å². The van der Waals surface area contributed by atoms with Gasteiger partial charge in [-0.3, -0.25) is 4.79 Å². The maximum Gasteiger partial charge on any atom is 0.235 e. The zero-order valence-electron chi connectivity index (χ0n) is 19.1. The Hall–Kier alpha value is -2.04. The van der Waals surface area contributed by atoms with Gasteiger partial charge in [-0.25, -0.2) is 0 Å². The molecule has 4 nitrogen and oxygen atoms in total. The molecule has 2 fully saturated rings. The zero-order valence-corrected chi connectivity index (χ0v) is 19.9. The number of ether oxygens (including phenoxy) is 1. The highest BCUT2D eigenvalue weighted by atomic mass is 35.5. The lowest BCUT2D eigenvalue weighted by molar-refractivity contribution is -0.121. The van der Waals surface area contributed by atoms with Gasteiger partial charge in [-0.15, -0.1) is 0 Å². The van der Waals surface area contributed by atoms with Crippen molar-refractivity contribution >= 4 is 23.2 Å². The largest absolute Gasteiger partial charge is 0.494 e. The molecule has 1 N–H and O–H groups in total. The SMILES string of the molecule is C[C@H]1CCCN(CCCOc2ccc(NC(=O)C3(c4ccccc4Cl)CCCC3)cc2)C1. The predicted octanol–water partition coefficient (Wildman–Crippen LogP) is 6.29. The third-order valence-corrected chi connectivity index (χ3v) is 7.35. The molecule has 0 aromatic heterocycles. The third kappa shape index (κ3) is 5.47. The number of nitrogens with one attached hydrogen (secondary N) is 1. The Kier molecular flexibility index (Phi) is 7.75. The Bertz CT molecular complexity index is 893. The molecule has 2 aromatic carbocycles. The van der Waals surface area contributed by atoms with Crippen LogP contribution in [-0.4, -0.2) is 37.0 Å². The number of halogens is 1. The first-order valence-corrected chi connectivity index (χ1v) is 12.5. The second kappa shape index (κ2) is 10.7. The summed E-state index contributed by atoms with van der Waals surface area (Å²) in [5.41, 5.74) is 1.20. The van der Waals surface area contributed by atoms with E-state index in [1.54, 1.807) is 0 Å². The maximum absolute atomic E-state index is 13.4. The predicted molar refractivity (Wildman–Crippen MR) is 132 cm³/mol. The van der Waals surface area contributed by atoms with Gasteiger partial charge in [0.2, 0.25) is 5.91 Å². The molecule has 2 aromatic rings. The van der Waals surface area contributed by atoms with Crippen LogP contribution in [0.25, 0.3) is 0 Å². The monoisotopic (exact) mass is 454 g/mol. The molecule has 1 amide bonds. The molecule has 4 rings (SSSR count). The quantitative estimate of drug-likeness (QED) is 0.476. The number of nitrogens with zero attached hydrogens (tertiary/aromatic N) is 1. The standard InChI is InChI=1S/C27H35ClN2O2/c1-21-8-6-17-30(20-21)18-7-19-32-23-13-11-22(12-14-23)29-26(31)27(15-4-5-16-27)24-9-2-3-10-25(24)28/h2-3,9-14,21H,4-8,15-20H2,1H3,(H,29,31)/t21-/m0/s1. The Morgan fingerprint density at radius 3 is 2.59 bits per heavy atom. The summed E-state index contributed by atoms with van der Waals surface area (Å²) in [6.45, 7) is 6.58. The van der Waals surface area contributed by atoms with E-state index in [4.69, 9.17) is 16.3 Å². The van der Waals surface area contributed by atoms with Crippen LogP contribution in [0, 0.1) is 5.92 Å². The van der Waals surface area contributed by atoms with E-state index in [0.717, 1.165) is 61.6 Å². The first kappa shape index (κ1) is 23.1. The molecule has 1 aliphatic carbocycles.